The predicted octanol–water partition coefficient (Wildman–Crippen LogP) is 4.83. The van der Waals surface area contributed by atoms with Crippen LogP contribution in [0.3, 0.4) is 0 Å². The van der Waals surface area contributed by atoms with Crippen LogP contribution in [0.2, 0.25) is 0 Å². The third kappa shape index (κ3) is 10.5. The molecule has 0 rings (SSSR count). The number of rotatable bonds is 13. The van der Waals surface area contributed by atoms with Gasteiger partial charge in [0.1, 0.15) is 0 Å². The third-order valence-electron chi connectivity index (χ3n) is 4.23. The minimum atomic E-state index is 0.130. The van der Waals surface area contributed by atoms with Gasteiger partial charge < -0.3 is 0 Å². The molecule has 0 aromatic rings. The summed E-state index contributed by atoms with van der Waals surface area (Å²) >= 11 is 0. The average Bonchev–Trinajstić information content (AvgIpc) is 2.47. The van der Waals surface area contributed by atoms with Crippen LogP contribution in [-0.2, 0) is 9.59 Å². The Kier molecular flexibility index (Phi) is 12.7. The second-order valence-corrected chi connectivity index (χ2v) is 6.76. The molecule has 0 N–H and O–H groups in total. The molecular weight excluding hydrogens is 276 g/mol. The lowest BCUT2D eigenvalue weighted by molar-refractivity contribution is 0.426. The molecule has 0 aliphatic carbocycles. The summed E-state index contributed by atoms with van der Waals surface area (Å²) < 4.78 is 0. The molecule has 0 bridgehead atoms. The van der Waals surface area contributed by atoms with Crippen LogP contribution in [0.5, 0.6) is 0 Å². The molecule has 4 nitrogen and oxygen atoms in total. The SMILES string of the molecule is CC(C)C(CCCCCCCCC(N=C=O)C(C)C)N=C=O. The summed E-state index contributed by atoms with van der Waals surface area (Å²) in [5.41, 5.74) is 0. The van der Waals surface area contributed by atoms with E-state index in [0.29, 0.717) is 11.8 Å². The Morgan fingerprint density at radius 3 is 1.23 bits per heavy atom. The molecular formula is C18H32N2O2. The quantitative estimate of drug-likeness (QED) is 0.278. The summed E-state index contributed by atoms with van der Waals surface area (Å²) in [6.45, 7) is 8.38. The van der Waals surface area contributed by atoms with E-state index in [-0.39, 0.29) is 12.1 Å². The number of hydrogen-bond acceptors (Lipinski definition) is 4. The zero-order chi connectivity index (χ0) is 16.8. The fourth-order valence-corrected chi connectivity index (χ4v) is 2.64. The molecule has 0 spiro atoms. The van der Waals surface area contributed by atoms with Crippen LogP contribution in [0.25, 0.3) is 0 Å². The van der Waals surface area contributed by atoms with Crippen LogP contribution in [0, 0.1) is 11.8 Å². The summed E-state index contributed by atoms with van der Waals surface area (Å²) in [4.78, 5) is 28.5. The Morgan fingerprint density at radius 1 is 0.636 bits per heavy atom. The van der Waals surface area contributed by atoms with Crippen molar-refractivity contribution in [3.8, 4) is 0 Å². The van der Waals surface area contributed by atoms with Gasteiger partial charge in [-0.2, -0.15) is 0 Å². The highest BCUT2D eigenvalue weighted by Crippen LogP contribution is 2.18. The van der Waals surface area contributed by atoms with Gasteiger partial charge in [0.2, 0.25) is 12.2 Å². The maximum Gasteiger partial charge on any atom is 0.235 e. The Bertz CT molecular complexity index is 331. The standard InChI is InChI=1S/C18H32N2O2/c1-15(2)17(19-13-21)11-9-7-5-6-8-10-12-18(16(3)4)20-14-22/h15-18H,5-12H2,1-4H3. The summed E-state index contributed by atoms with van der Waals surface area (Å²) in [6, 6.07) is 0.260. The molecule has 4 heteroatoms. The smallest absolute Gasteiger partial charge is 0.211 e. The van der Waals surface area contributed by atoms with Gasteiger partial charge in [-0.05, 0) is 24.7 Å². The maximum atomic E-state index is 10.4. The van der Waals surface area contributed by atoms with E-state index in [1.165, 1.54) is 25.7 Å². The van der Waals surface area contributed by atoms with Crippen molar-refractivity contribution in [2.24, 2.45) is 21.8 Å². The number of hydrogen-bond donors (Lipinski definition) is 0. The molecule has 0 fully saturated rings. The Balaban J connectivity index is 3.65. The lowest BCUT2D eigenvalue weighted by atomic mass is 9.96. The van der Waals surface area contributed by atoms with Gasteiger partial charge in [-0.15, -0.1) is 0 Å². The van der Waals surface area contributed by atoms with Crippen LogP contribution in [0.15, 0.2) is 9.98 Å². The maximum absolute atomic E-state index is 10.4. The zero-order valence-electron chi connectivity index (χ0n) is 14.7. The lowest BCUT2D eigenvalue weighted by Crippen LogP contribution is -2.12. The topological polar surface area (TPSA) is 58.9 Å². The average molecular weight is 308 g/mol. The highest BCUT2D eigenvalue weighted by atomic mass is 16.1. The number of isocyanates is 2. The summed E-state index contributed by atoms with van der Waals surface area (Å²) in [6.07, 6.45) is 12.4. The van der Waals surface area contributed by atoms with E-state index in [4.69, 9.17) is 0 Å². The molecule has 2 unspecified atom stereocenters. The van der Waals surface area contributed by atoms with E-state index in [0.717, 1.165) is 25.7 Å². The third-order valence-corrected chi connectivity index (χ3v) is 4.23. The van der Waals surface area contributed by atoms with Gasteiger partial charge in [0.25, 0.3) is 0 Å². The predicted molar refractivity (Wildman–Crippen MR) is 90.4 cm³/mol. The van der Waals surface area contributed by atoms with Gasteiger partial charge in [0.05, 0.1) is 12.1 Å². The molecule has 0 aliphatic rings. The van der Waals surface area contributed by atoms with Crippen LogP contribution in [-0.4, -0.2) is 24.2 Å². The molecule has 0 radical (unpaired) electrons. The minimum Gasteiger partial charge on any atom is -0.211 e. The molecule has 0 aromatic heterocycles. The van der Waals surface area contributed by atoms with Crippen molar-refractivity contribution >= 4 is 12.2 Å². The van der Waals surface area contributed by atoms with Crippen molar-refractivity contribution in [2.75, 3.05) is 0 Å². The Labute approximate surface area is 135 Å². The van der Waals surface area contributed by atoms with E-state index >= 15 is 0 Å². The number of unbranched alkanes of at least 4 members (excludes halogenated alkanes) is 5. The van der Waals surface area contributed by atoms with Gasteiger partial charge in [0.15, 0.2) is 0 Å². The first-order chi connectivity index (χ1) is 10.5. The van der Waals surface area contributed by atoms with Crippen molar-refractivity contribution in [2.45, 2.75) is 91.1 Å². The van der Waals surface area contributed by atoms with E-state index in [2.05, 4.69) is 37.7 Å². The van der Waals surface area contributed by atoms with Crippen molar-refractivity contribution in [1.29, 1.82) is 0 Å². The lowest BCUT2D eigenvalue weighted by Gasteiger charge is -2.14. The highest BCUT2D eigenvalue weighted by molar-refractivity contribution is 5.33. The molecule has 2 atom stereocenters. The van der Waals surface area contributed by atoms with Crippen LogP contribution in [0.4, 0.5) is 0 Å². The molecule has 0 saturated heterocycles. The van der Waals surface area contributed by atoms with Crippen molar-refractivity contribution < 1.29 is 9.59 Å². The summed E-state index contributed by atoms with van der Waals surface area (Å²) in [5, 5.41) is 0. The van der Waals surface area contributed by atoms with Gasteiger partial charge in [0, 0.05) is 0 Å². The fraction of sp³-hybridized carbons (Fsp3) is 0.889. The zero-order valence-corrected chi connectivity index (χ0v) is 14.7. The highest BCUT2D eigenvalue weighted by Gasteiger charge is 2.12. The molecule has 0 saturated carbocycles. The fourth-order valence-electron chi connectivity index (χ4n) is 2.64. The number of aliphatic imine (C=N–C) groups is 2. The van der Waals surface area contributed by atoms with Crippen LogP contribution >= 0.6 is 0 Å². The number of nitrogens with zero attached hydrogens (tertiary/aromatic N) is 2. The molecule has 0 aliphatic heterocycles. The normalized spacial score (nSPS) is 13.5. The van der Waals surface area contributed by atoms with Crippen LogP contribution < -0.4 is 0 Å². The first-order valence-electron chi connectivity index (χ1n) is 8.66. The van der Waals surface area contributed by atoms with E-state index in [9.17, 15) is 9.59 Å². The first-order valence-corrected chi connectivity index (χ1v) is 8.66. The Hall–Kier alpha value is -1.24. The van der Waals surface area contributed by atoms with E-state index < -0.39 is 0 Å². The molecule has 0 heterocycles. The molecule has 0 aromatic carbocycles. The second kappa shape index (κ2) is 13.4. The van der Waals surface area contributed by atoms with Gasteiger partial charge in [-0.25, -0.2) is 19.6 Å². The number of carbonyl (C=O) groups excluding carboxylic acids is 2. The van der Waals surface area contributed by atoms with Crippen molar-refractivity contribution in [3.63, 3.8) is 0 Å². The van der Waals surface area contributed by atoms with Gasteiger partial charge in [-0.1, -0.05) is 66.2 Å². The Morgan fingerprint density at radius 2 is 0.955 bits per heavy atom. The van der Waals surface area contributed by atoms with Crippen molar-refractivity contribution in [3.05, 3.63) is 0 Å². The van der Waals surface area contributed by atoms with Gasteiger partial charge in [-0.3, -0.25) is 0 Å². The minimum absolute atomic E-state index is 0.130. The molecule has 22 heavy (non-hydrogen) atoms. The van der Waals surface area contributed by atoms with E-state index in [1.54, 1.807) is 12.2 Å². The summed E-state index contributed by atoms with van der Waals surface area (Å²) in [5.74, 6) is 0.820. The largest absolute Gasteiger partial charge is 0.235 e. The monoisotopic (exact) mass is 308 g/mol. The molecule has 0 amide bonds. The van der Waals surface area contributed by atoms with Gasteiger partial charge >= 0.3 is 0 Å². The van der Waals surface area contributed by atoms with Crippen molar-refractivity contribution in [1.82, 2.24) is 0 Å². The first kappa shape index (κ1) is 20.8. The van der Waals surface area contributed by atoms with E-state index in [1.807, 2.05) is 0 Å². The van der Waals surface area contributed by atoms with Crippen LogP contribution in [0.1, 0.15) is 79.1 Å². The second-order valence-electron chi connectivity index (χ2n) is 6.76. The summed E-state index contributed by atoms with van der Waals surface area (Å²) in [7, 11) is 0. The molecule has 126 valence electrons.